The van der Waals surface area contributed by atoms with Crippen molar-refractivity contribution in [3.63, 3.8) is 0 Å². The zero-order valence-corrected chi connectivity index (χ0v) is 12.3. The Hall–Kier alpha value is -1.36. The first-order chi connectivity index (χ1) is 10.0. The van der Waals surface area contributed by atoms with E-state index in [1.807, 2.05) is 30.3 Å². The molecule has 0 atom stereocenters. The molecule has 2 aromatic carbocycles. The monoisotopic (exact) mass is 313 g/mol. The van der Waals surface area contributed by atoms with E-state index in [0.29, 0.717) is 5.75 Å². The lowest BCUT2D eigenvalue weighted by molar-refractivity contribution is -0.153. The molecule has 0 saturated carbocycles. The molecular weight excluding hydrogens is 297 g/mol. The van der Waals surface area contributed by atoms with E-state index in [1.54, 1.807) is 6.07 Å². The molecule has 21 heavy (non-hydrogen) atoms. The van der Waals surface area contributed by atoms with Crippen LogP contribution in [0.15, 0.2) is 41.3 Å². The largest absolute Gasteiger partial charge is 0.479 e. The first-order valence-electron chi connectivity index (χ1n) is 6.93. The predicted octanol–water partition coefficient (Wildman–Crippen LogP) is 4.55. The first-order valence-corrected chi connectivity index (χ1v) is 8.50. The molecule has 0 aromatic heterocycles. The van der Waals surface area contributed by atoms with Crippen LogP contribution in [-0.4, -0.2) is 24.3 Å². The van der Waals surface area contributed by atoms with E-state index >= 15 is 0 Å². The summed E-state index contributed by atoms with van der Waals surface area (Å²) in [5.41, 5.74) is 0. The lowest BCUT2D eigenvalue weighted by Gasteiger charge is -2.14. The lowest BCUT2D eigenvalue weighted by atomic mass is 10.1. The zero-order valence-electron chi connectivity index (χ0n) is 11.5. The third-order valence-corrected chi connectivity index (χ3v) is 6.12. The van der Waals surface area contributed by atoms with Crippen molar-refractivity contribution in [2.75, 3.05) is 18.1 Å². The van der Waals surface area contributed by atoms with E-state index in [-0.39, 0.29) is 10.9 Å². The van der Waals surface area contributed by atoms with Gasteiger partial charge < -0.3 is 4.74 Å². The van der Waals surface area contributed by atoms with Crippen molar-refractivity contribution in [3.8, 4) is 5.75 Å². The van der Waals surface area contributed by atoms with Gasteiger partial charge in [0.1, 0.15) is 11.5 Å². The Morgan fingerprint density at radius 2 is 1.71 bits per heavy atom. The van der Waals surface area contributed by atoms with Gasteiger partial charge in [-0.1, -0.05) is 24.3 Å². The molecular formula is C16H16F3OS+. The number of halogens is 3. The third kappa shape index (κ3) is 3.28. The van der Waals surface area contributed by atoms with E-state index in [4.69, 9.17) is 4.74 Å². The van der Waals surface area contributed by atoms with Crippen LogP contribution in [0.25, 0.3) is 10.8 Å². The highest BCUT2D eigenvalue weighted by Crippen LogP contribution is 2.37. The van der Waals surface area contributed by atoms with Crippen LogP contribution in [0.2, 0.25) is 0 Å². The second-order valence-electron chi connectivity index (χ2n) is 5.13. The Labute approximate surface area is 124 Å². The molecule has 1 saturated heterocycles. The number of alkyl halides is 3. The minimum atomic E-state index is -4.30. The van der Waals surface area contributed by atoms with Crippen LogP contribution in [0.1, 0.15) is 12.8 Å². The summed E-state index contributed by atoms with van der Waals surface area (Å²) in [6.45, 7) is -1.23. The number of fused-ring (bicyclic) bond motifs is 1. The highest BCUT2D eigenvalue weighted by Gasteiger charge is 2.34. The Bertz CT molecular complexity index is 633. The van der Waals surface area contributed by atoms with Crippen molar-refractivity contribution in [2.45, 2.75) is 23.9 Å². The molecule has 0 unspecified atom stereocenters. The van der Waals surface area contributed by atoms with Gasteiger partial charge in [-0.3, -0.25) is 0 Å². The van der Waals surface area contributed by atoms with Gasteiger partial charge in [-0.25, -0.2) is 0 Å². The topological polar surface area (TPSA) is 9.23 Å². The molecule has 0 aliphatic carbocycles. The van der Waals surface area contributed by atoms with E-state index < -0.39 is 12.8 Å². The fourth-order valence-corrected chi connectivity index (χ4v) is 5.28. The molecule has 1 heterocycles. The fourth-order valence-electron chi connectivity index (χ4n) is 2.65. The van der Waals surface area contributed by atoms with Crippen molar-refractivity contribution < 1.29 is 17.9 Å². The highest BCUT2D eigenvalue weighted by molar-refractivity contribution is 7.97. The molecule has 0 spiro atoms. The third-order valence-electron chi connectivity index (χ3n) is 3.55. The van der Waals surface area contributed by atoms with Crippen molar-refractivity contribution in [2.24, 2.45) is 0 Å². The molecule has 0 radical (unpaired) electrons. The van der Waals surface area contributed by atoms with Crippen LogP contribution in [0.3, 0.4) is 0 Å². The van der Waals surface area contributed by atoms with Crippen molar-refractivity contribution in [3.05, 3.63) is 36.4 Å². The van der Waals surface area contributed by atoms with Gasteiger partial charge in [0, 0.05) is 16.3 Å². The molecule has 0 bridgehead atoms. The molecule has 112 valence electrons. The SMILES string of the molecule is FC(F)(F)COc1ccc2ccccc2c1[S+]1CCCC1. The van der Waals surface area contributed by atoms with Crippen LogP contribution in [0, 0.1) is 0 Å². The summed E-state index contributed by atoms with van der Waals surface area (Å²) in [6.07, 6.45) is -2.02. The molecule has 1 aliphatic heterocycles. The quantitative estimate of drug-likeness (QED) is 0.755. The molecule has 1 fully saturated rings. The van der Waals surface area contributed by atoms with Gasteiger partial charge in [-0.15, -0.1) is 0 Å². The van der Waals surface area contributed by atoms with Gasteiger partial charge in [0.2, 0.25) is 4.90 Å². The van der Waals surface area contributed by atoms with E-state index in [1.165, 1.54) is 0 Å². The van der Waals surface area contributed by atoms with Gasteiger partial charge in [0.15, 0.2) is 12.4 Å². The van der Waals surface area contributed by atoms with E-state index in [9.17, 15) is 13.2 Å². The molecule has 5 heteroatoms. The van der Waals surface area contributed by atoms with Crippen LogP contribution in [0.4, 0.5) is 13.2 Å². The Balaban J connectivity index is 2.03. The molecule has 1 aliphatic rings. The van der Waals surface area contributed by atoms with Crippen molar-refractivity contribution in [1.82, 2.24) is 0 Å². The van der Waals surface area contributed by atoms with Crippen LogP contribution in [0.5, 0.6) is 5.75 Å². The van der Waals surface area contributed by atoms with Crippen molar-refractivity contribution in [1.29, 1.82) is 0 Å². The summed E-state index contributed by atoms with van der Waals surface area (Å²) in [5, 5.41) is 2.09. The number of ether oxygens (including phenoxy) is 1. The Morgan fingerprint density at radius 1 is 1.00 bits per heavy atom. The summed E-state index contributed by atoms with van der Waals surface area (Å²) in [7, 11) is 0.00258. The smallest absolute Gasteiger partial charge is 0.422 e. The fraction of sp³-hybridized carbons (Fsp3) is 0.375. The van der Waals surface area contributed by atoms with Crippen LogP contribution < -0.4 is 4.74 Å². The van der Waals surface area contributed by atoms with Crippen LogP contribution >= 0.6 is 0 Å². The maximum absolute atomic E-state index is 12.4. The van der Waals surface area contributed by atoms with E-state index in [0.717, 1.165) is 40.0 Å². The number of hydrogen-bond donors (Lipinski definition) is 0. The maximum Gasteiger partial charge on any atom is 0.422 e. The normalized spacial score (nSPS) is 16.5. The van der Waals surface area contributed by atoms with Gasteiger partial charge >= 0.3 is 6.18 Å². The second kappa shape index (κ2) is 5.79. The highest BCUT2D eigenvalue weighted by atomic mass is 32.2. The molecule has 0 N–H and O–H groups in total. The summed E-state index contributed by atoms with van der Waals surface area (Å²) in [5.74, 6) is 2.50. The molecule has 3 rings (SSSR count). The average molecular weight is 313 g/mol. The average Bonchev–Trinajstić information content (AvgIpc) is 2.97. The standard InChI is InChI=1S/C16H16F3OS/c17-16(18,19)11-20-14-8-7-12-5-1-2-6-13(12)15(14)21-9-3-4-10-21/h1-2,5-8H,3-4,9-11H2/q+1. The Morgan fingerprint density at radius 3 is 2.43 bits per heavy atom. The molecule has 2 aromatic rings. The molecule has 1 nitrogen and oxygen atoms in total. The van der Waals surface area contributed by atoms with Gasteiger partial charge in [-0.05, 0) is 30.4 Å². The Kier molecular flexibility index (Phi) is 4.02. The number of benzene rings is 2. The summed E-state index contributed by atoms with van der Waals surface area (Å²) in [6, 6.07) is 11.4. The summed E-state index contributed by atoms with van der Waals surface area (Å²) in [4.78, 5) is 0.981. The molecule has 0 amide bonds. The maximum atomic E-state index is 12.4. The van der Waals surface area contributed by atoms with E-state index in [2.05, 4.69) is 0 Å². The number of rotatable bonds is 3. The minimum absolute atomic E-state index is 0.00258. The van der Waals surface area contributed by atoms with Crippen molar-refractivity contribution >= 4 is 21.7 Å². The van der Waals surface area contributed by atoms with Gasteiger partial charge in [-0.2, -0.15) is 13.2 Å². The summed E-state index contributed by atoms with van der Waals surface area (Å²) < 4.78 is 42.4. The zero-order chi connectivity index (χ0) is 14.9. The van der Waals surface area contributed by atoms with Gasteiger partial charge in [0.25, 0.3) is 0 Å². The predicted molar refractivity (Wildman–Crippen MR) is 80.1 cm³/mol. The lowest BCUT2D eigenvalue weighted by Crippen LogP contribution is -2.20. The second-order valence-corrected chi connectivity index (χ2v) is 7.34. The summed E-state index contributed by atoms with van der Waals surface area (Å²) >= 11 is 0. The van der Waals surface area contributed by atoms with Crippen LogP contribution in [-0.2, 0) is 10.9 Å². The van der Waals surface area contributed by atoms with Gasteiger partial charge in [0.05, 0.1) is 0 Å². The number of hydrogen-bond acceptors (Lipinski definition) is 1. The first kappa shape index (κ1) is 14.6. The minimum Gasteiger partial charge on any atom is -0.479 e.